The fourth-order valence-corrected chi connectivity index (χ4v) is 2.64. The quantitative estimate of drug-likeness (QED) is 0.884. The van der Waals surface area contributed by atoms with Gasteiger partial charge < -0.3 is 9.67 Å². The summed E-state index contributed by atoms with van der Waals surface area (Å²) in [6.07, 6.45) is 4.23. The lowest BCUT2D eigenvalue weighted by Crippen LogP contribution is -2.32. The average molecular weight is 258 g/mol. The first kappa shape index (κ1) is 12.3. The molecule has 0 amide bonds. The van der Waals surface area contributed by atoms with Gasteiger partial charge >= 0.3 is 0 Å². The number of hydrogen-bond donors (Lipinski definition) is 1. The van der Waals surface area contributed by atoms with E-state index in [4.69, 9.17) is 0 Å². The molecule has 1 aromatic heterocycles. The highest BCUT2D eigenvalue weighted by molar-refractivity contribution is 5.24. The second-order valence-electron chi connectivity index (χ2n) is 5.12. The summed E-state index contributed by atoms with van der Waals surface area (Å²) in [5, 5.41) is 18.3. The standard InChI is InChI=1S/C14H18N4O/c19-14(13-4-2-1-3-5-13)6-7-17(10-14)8-9-18-11-15-16-12-18/h1-5,11-12,19H,6-10H2/t14-/m1/s1. The van der Waals surface area contributed by atoms with E-state index in [1.807, 2.05) is 34.9 Å². The van der Waals surface area contributed by atoms with Crippen LogP contribution in [-0.2, 0) is 12.1 Å². The summed E-state index contributed by atoms with van der Waals surface area (Å²) >= 11 is 0. The number of nitrogens with zero attached hydrogens (tertiary/aromatic N) is 4. The molecule has 19 heavy (non-hydrogen) atoms. The van der Waals surface area contributed by atoms with Gasteiger partial charge in [0.1, 0.15) is 18.3 Å². The molecule has 0 bridgehead atoms. The lowest BCUT2D eigenvalue weighted by molar-refractivity contribution is 0.0458. The van der Waals surface area contributed by atoms with Gasteiger partial charge in [-0.25, -0.2) is 0 Å². The molecular weight excluding hydrogens is 240 g/mol. The first-order chi connectivity index (χ1) is 9.26. The van der Waals surface area contributed by atoms with Crippen molar-refractivity contribution in [3.8, 4) is 0 Å². The third-order valence-electron chi connectivity index (χ3n) is 3.78. The van der Waals surface area contributed by atoms with Crippen LogP contribution in [0.3, 0.4) is 0 Å². The number of benzene rings is 1. The van der Waals surface area contributed by atoms with Crippen molar-refractivity contribution in [3.63, 3.8) is 0 Å². The highest BCUT2D eigenvalue weighted by Gasteiger charge is 2.37. The zero-order chi connectivity index (χ0) is 13.1. The zero-order valence-electron chi connectivity index (χ0n) is 10.8. The predicted octanol–water partition coefficient (Wildman–Crippen LogP) is 0.872. The van der Waals surface area contributed by atoms with E-state index in [0.717, 1.165) is 31.6 Å². The van der Waals surface area contributed by atoms with Gasteiger partial charge in [0.05, 0.1) is 0 Å². The van der Waals surface area contributed by atoms with Crippen molar-refractivity contribution in [2.45, 2.75) is 18.6 Å². The molecule has 5 nitrogen and oxygen atoms in total. The minimum atomic E-state index is -0.700. The normalized spacial score (nSPS) is 23.8. The number of hydrogen-bond acceptors (Lipinski definition) is 4. The Labute approximate surface area is 112 Å². The van der Waals surface area contributed by atoms with Gasteiger partial charge in [0.15, 0.2) is 0 Å². The maximum atomic E-state index is 10.7. The Hall–Kier alpha value is -1.72. The van der Waals surface area contributed by atoms with Gasteiger partial charge in [-0.1, -0.05) is 30.3 Å². The summed E-state index contributed by atoms with van der Waals surface area (Å²) in [6, 6.07) is 9.94. The molecule has 0 saturated carbocycles. The van der Waals surface area contributed by atoms with Crippen molar-refractivity contribution >= 4 is 0 Å². The Bertz CT molecular complexity index is 514. The predicted molar refractivity (Wildman–Crippen MR) is 71.4 cm³/mol. The minimum Gasteiger partial charge on any atom is -0.384 e. The molecule has 5 heteroatoms. The molecule has 2 heterocycles. The Morgan fingerprint density at radius 2 is 1.84 bits per heavy atom. The Balaban J connectivity index is 1.60. The van der Waals surface area contributed by atoms with Crippen LogP contribution in [0.5, 0.6) is 0 Å². The van der Waals surface area contributed by atoms with Gasteiger partial charge in [-0.2, -0.15) is 0 Å². The number of likely N-dealkylation sites (tertiary alicyclic amines) is 1. The van der Waals surface area contributed by atoms with Crippen LogP contribution in [0.25, 0.3) is 0 Å². The largest absolute Gasteiger partial charge is 0.384 e. The van der Waals surface area contributed by atoms with Crippen molar-refractivity contribution < 1.29 is 5.11 Å². The lowest BCUT2D eigenvalue weighted by Gasteiger charge is -2.24. The average Bonchev–Trinajstić information content (AvgIpc) is 3.08. The molecule has 1 N–H and O–H groups in total. The van der Waals surface area contributed by atoms with Crippen LogP contribution < -0.4 is 0 Å². The summed E-state index contributed by atoms with van der Waals surface area (Å²) in [6.45, 7) is 3.39. The maximum absolute atomic E-state index is 10.7. The molecule has 2 aromatic rings. The van der Waals surface area contributed by atoms with Crippen LogP contribution in [0.1, 0.15) is 12.0 Å². The topological polar surface area (TPSA) is 54.2 Å². The molecule has 0 spiro atoms. The van der Waals surface area contributed by atoms with Crippen LogP contribution in [0, 0.1) is 0 Å². The highest BCUT2D eigenvalue weighted by atomic mass is 16.3. The number of aliphatic hydroxyl groups is 1. The molecule has 3 rings (SSSR count). The summed E-state index contributed by atoms with van der Waals surface area (Å²) in [5.74, 6) is 0. The van der Waals surface area contributed by atoms with Crippen LogP contribution >= 0.6 is 0 Å². The smallest absolute Gasteiger partial charge is 0.119 e. The molecule has 1 aliphatic heterocycles. The monoisotopic (exact) mass is 258 g/mol. The van der Waals surface area contributed by atoms with Crippen LogP contribution in [0.15, 0.2) is 43.0 Å². The molecule has 1 aromatic carbocycles. The van der Waals surface area contributed by atoms with E-state index < -0.39 is 5.60 Å². The second kappa shape index (κ2) is 5.11. The van der Waals surface area contributed by atoms with Crippen LogP contribution in [-0.4, -0.2) is 44.4 Å². The van der Waals surface area contributed by atoms with E-state index in [0.29, 0.717) is 6.54 Å². The first-order valence-corrected chi connectivity index (χ1v) is 6.59. The number of aromatic nitrogens is 3. The van der Waals surface area contributed by atoms with Gasteiger partial charge in [0.25, 0.3) is 0 Å². The first-order valence-electron chi connectivity index (χ1n) is 6.59. The molecule has 0 radical (unpaired) electrons. The van der Waals surface area contributed by atoms with Gasteiger partial charge in [-0.3, -0.25) is 4.90 Å². The van der Waals surface area contributed by atoms with Gasteiger partial charge in [-0.05, 0) is 12.0 Å². The zero-order valence-corrected chi connectivity index (χ0v) is 10.8. The molecular formula is C14H18N4O. The molecule has 100 valence electrons. The lowest BCUT2D eigenvalue weighted by atomic mass is 9.93. The van der Waals surface area contributed by atoms with E-state index in [9.17, 15) is 5.11 Å². The molecule has 1 fully saturated rings. The summed E-state index contributed by atoms with van der Waals surface area (Å²) in [5.41, 5.74) is 0.316. The van der Waals surface area contributed by atoms with E-state index in [2.05, 4.69) is 15.1 Å². The Morgan fingerprint density at radius 3 is 2.58 bits per heavy atom. The third-order valence-corrected chi connectivity index (χ3v) is 3.78. The summed E-state index contributed by atoms with van der Waals surface area (Å²) in [4.78, 5) is 2.28. The van der Waals surface area contributed by atoms with Crippen molar-refractivity contribution in [1.29, 1.82) is 0 Å². The fourth-order valence-electron chi connectivity index (χ4n) is 2.64. The van der Waals surface area contributed by atoms with Gasteiger partial charge in [-0.15, -0.1) is 10.2 Å². The van der Waals surface area contributed by atoms with Crippen LogP contribution in [0.4, 0.5) is 0 Å². The van der Waals surface area contributed by atoms with Crippen molar-refractivity contribution in [1.82, 2.24) is 19.7 Å². The van der Waals surface area contributed by atoms with Crippen molar-refractivity contribution in [2.24, 2.45) is 0 Å². The van der Waals surface area contributed by atoms with E-state index in [1.54, 1.807) is 12.7 Å². The van der Waals surface area contributed by atoms with Gasteiger partial charge in [0.2, 0.25) is 0 Å². The van der Waals surface area contributed by atoms with E-state index >= 15 is 0 Å². The van der Waals surface area contributed by atoms with Crippen LogP contribution in [0.2, 0.25) is 0 Å². The summed E-state index contributed by atoms with van der Waals surface area (Å²) in [7, 11) is 0. The maximum Gasteiger partial charge on any atom is 0.119 e. The Kier molecular flexibility index (Phi) is 3.31. The second-order valence-corrected chi connectivity index (χ2v) is 5.12. The highest BCUT2D eigenvalue weighted by Crippen LogP contribution is 2.31. The van der Waals surface area contributed by atoms with Crippen molar-refractivity contribution in [2.75, 3.05) is 19.6 Å². The van der Waals surface area contributed by atoms with E-state index in [-0.39, 0.29) is 0 Å². The van der Waals surface area contributed by atoms with E-state index in [1.165, 1.54) is 0 Å². The molecule has 1 aliphatic rings. The van der Waals surface area contributed by atoms with Gasteiger partial charge in [0, 0.05) is 26.2 Å². The molecule has 1 atom stereocenters. The third kappa shape index (κ3) is 2.67. The summed E-state index contributed by atoms with van der Waals surface area (Å²) < 4.78 is 1.96. The molecule has 0 aliphatic carbocycles. The van der Waals surface area contributed by atoms with Crippen molar-refractivity contribution in [3.05, 3.63) is 48.5 Å². The molecule has 1 saturated heterocycles. The minimum absolute atomic E-state index is 0.694. The SMILES string of the molecule is O[C@]1(c2ccccc2)CCN(CCn2cnnc2)C1. The number of β-amino-alcohol motifs (C(OH)–C–C–N with tert-alkyl or cyclic N) is 1. The fraction of sp³-hybridized carbons (Fsp3) is 0.429. The number of rotatable bonds is 4. The Morgan fingerprint density at radius 1 is 1.11 bits per heavy atom. The molecule has 0 unspecified atom stereocenters.